The maximum absolute atomic E-state index is 12.6. The molecule has 1 aliphatic heterocycles. The third kappa shape index (κ3) is 3.63. The van der Waals surface area contributed by atoms with Crippen LogP contribution >= 0.6 is 0 Å². The van der Waals surface area contributed by atoms with Crippen molar-refractivity contribution in [2.75, 3.05) is 13.1 Å². The van der Waals surface area contributed by atoms with Gasteiger partial charge in [0.05, 0.1) is 4.90 Å². The van der Waals surface area contributed by atoms with Crippen molar-refractivity contribution in [3.05, 3.63) is 66.7 Å². The molecule has 6 nitrogen and oxygen atoms in total. The normalized spacial score (nSPS) is 15.7. The van der Waals surface area contributed by atoms with E-state index in [4.69, 9.17) is 4.18 Å². The second-order valence-electron chi connectivity index (χ2n) is 6.63. The number of hydrogen-bond acceptors (Lipinski definition) is 5. The highest BCUT2D eigenvalue weighted by Crippen LogP contribution is 2.26. The Morgan fingerprint density at radius 2 is 1.32 bits per heavy atom. The van der Waals surface area contributed by atoms with Crippen molar-refractivity contribution in [3.63, 3.8) is 0 Å². The van der Waals surface area contributed by atoms with E-state index < -0.39 is 20.1 Å². The summed E-state index contributed by atoms with van der Waals surface area (Å²) in [5.41, 5.74) is 0. The summed E-state index contributed by atoms with van der Waals surface area (Å²) in [6.07, 6.45) is 1.68. The highest BCUT2D eigenvalue weighted by atomic mass is 32.2. The first-order chi connectivity index (χ1) is 13.4. The van der Waals surface area contributed by atoms with Crippen LogP contribution in [-0.4, -0.2) is 34.2 Å². The first kappa shape index (κ1) is 18.9. The second kappa shape index (κ2) is 7.20. The standard InChI is InChI=1S/C20H19NO5S2/c22-27(23,21-13-3-4-14-21)19-9-11-20(12-10-19)28(24,25)26-18-8-7-16-5-1-2-6-17(16)15-18/h1-2,5-12,15H,3-4,13-14H2. The largest absolute Gasteiger partial charge is 0.379 e. The van der Waals surface area contributed by atoms with Gasteiger partial charge in [-0.15, -0.1) is 0 Å². The van der Waals surface area contributed by atoms with Gasteiger partial charge in [0, 0.05) is 13.1 Å². The number of sulfonamides is 1. The van der Waals surface area contributed by atoms with Crippen LogP contribution in [0.2, 0.25) is 0 Å². The van der Waals surface area contributed by atoms with Crippen LogP contribution in [0.15, 0.2) is 76.5 Å². The van der Waals surface area contributed by atoms with Crippen LogP contribution in [0, 0.1) is 0 Å². The fourth-order valence-electron chi connectivity index (χ4n) is 3.25. The van der Waals surface area contributed by atoms with Gasteiger partial charge in [-0.1, -0.05) is 30.3 Å². The van der Waals surface area contributed by atoms with E-state index in [1.54, 1.807) is 18.2 Å². The van der Waals surface area contributed by atoms with Gasteiger partial charge in [-0.2, -0.15) is 12.7 Å². The predicted octanol–water partition coefficient (Wildman–Crippen LogP) is 3.39. The summed E-state index contributed by atoms with van der Waals surface area (Å²) < 4.78 is 56.9. The minimum Gasteiger partial charge on any atom is -0.379 e. The zero-order valence-corrected chi connectivity index (χ0v) is 16.6. The summed E-state index contributed by atoms with van der Waals surface area (Å²) in [5.74, 6) is 0.201. The van der Waals surface area contributed by atoms with Gasteiger partial charge in [0.25, 0.3) is 0 Å². The molecule has 146 valence electrons. The van der Waals surface area contributed by atoms with E-state index in [1.165, 1.54) is 28.6 Å². The Bertz CT molecular complexity index is 1210. The Balaban J connectivity index is 1.58. The van der Waals surface area contributed by atoms with Crippen LogP contribution in [0.25, 0.3) is 10.8 Å². The number of fused-ring (bicyclic) bond motifs is 1. The van der Waals surface area contributed by atoms with Gasteiger partial charge >= 0.3 is 10.1 Å². The summed E-state index contributed by atoms with van der Waals surface area (Å²) in [5, 5.41) is 1.84. The van der Waals surface area contributed by atoms with Crippen molar-refractivity contribution in [2.45, 2.75) is 22.6 Å². The van der Waals surface area contributed by atoms with Crippen LogP contribution in [-0.2, 0) is 20.1 Å². The first-order valence-corrected chi connectivity index (χ1v) is 11.7. The number of nitrogens with zero attached hydrogens (tertiary/aromatic N) is 1. The maximum Gasteiger partial charge on any atom is 0.339 e. The van der Waals surface area contributed by atoms with Crippen LogP contribution in [0.1, 0.15) is 12.8 Å². The average Bonchev–Trinajstić information content (AvgIpc) is 3.23. The topological polar surface area (TPSA) is 80.8 Å². The minimum atomic E-state index is -4.07. The van der Waals surface area contributed by atoms with Crippen LogP contribution in [0.5, 0.6) is 5.75 Å². The van der Waals surface area contributed by atoms with Gasteiger partial charge in [0.15, 0.2) is 0 Å². The van der Waals surface area contributed by atoms with Crippen molar-refractivity contribution < 1.29 is 21.0 Å². The average molecular weight is 418 g/mol. The molecule has 1 fully saturated rings. The molecule has 0 spiro atoms. The van der Waals surface area contributed by atoms with Gasteiger partial charge in [-0.3, -0.25) is 0 Å². The van der Waals surface area contributed by atoms with Crippen molar-refractivity contribution >= 4 is 30.9 Å². The molecule has 3 aromatic carbocycles. The van der Waals surface area contributed by atoms with Crippen molar-refractivity contribution in [3.8, 4) is 5.75 Å². The van der Waals surface area contributed by atoms with E-state index in [9.17, 15) is 16.8 Å². The lowest BCUT2D eigenvalue weighted by Crippen LogP contribution is -2.27. The van der Waals surface area contributed by atoms with Gasteiger partial charge in [-0.25, -0.2) is 8.42 Å². The van der Waals surface area contributed by atoms with Gasteiger partial charge < -0.3 is 4.18 Å². The Kier molecular flexibility index (Phi) is 4.86. The Morgan fingerprint density at radius 3 is 2.00 bits per heavy atom. The molecular formula is C20H19NO5S2. The van der Waals surface area contributed by atoms with Crippen molar-refractivity contribution in [2.24, 2.45) is 0 Å². The smallest absolute Gasteiger partial charge is 0.339 e. The predicted molar refractivity (Wildman–Crippen MR) is 106 cm³/mol. The molecule has 1 heterocycles. The lowest BCUT2D eigenvalue weighted by atomic mass is 10.1. The maximum atomic E-state index is 12.6. The minimum absolute atomic E-state index is 0.0825. The van der Waals surface area contributed by atoms with E-state index in [2.05, 4.69) is 0 Å². The summed E-state index contributed by atoms with van der Waals surface area (Å²) in [4.78, 5) is -0.0138. The first-order valence-electron chi connectivity index (χ1n) is 8.90. The molecule has 8 heteroatoms. The van der Waals surface area contributed by atoms with E-state index in [-0.39, 0.29) is 15.5 Å². The summed E-state index contributed by atoms with van der Waals surface area (Å²) in [7, 11) is -7.66. The Morgan fingerprint density at radius 1 is 0.714 bits per heavy atom. The molecule has 1 saturated heterocycles. The Labute approximate surface area is 164 Å². The van der Waals surface area contributed by atoms with Crippen LogP contribution in [0.4, 0.5) is 0 Å². The monoisotopic (exact) mass is 417 g/mol. The van der Waals surface area contributed by atoms with E-state index in [0.717, 1.165) is 23.6 Å². The Hall–Kier alpha value is -2.42. The fraction of sp³-hybridized carbons (Fsp3) is 0.200. The van der Waals surface area contributed by atoms with Crippen molar-refractivity contribution in [1.82, 2.24) is 4.31 Å². The van der Waals surface area contributed by atoms with E-state index in [0.29, 0.717) is 13.1 Å². The molecule has 0 atom stereocenters. The summed E-state index contributed by atoms with van der Waals surface area (Å²) in [6, 6.07) is 17.7. The van der Waals surface area contributed by atoms with Gasteiger partial charge in [-0.05, 0) is 60.0 Å². The SMILES string of the molecule is O=S(=O)(Oc1ccc2ccccc2c1)c1ccc(S(=O)(=O)N2CCCC2)cc1. The molecule has 0 unspecified atom stereocenters. The number of benzene rings is 3. The molecule has 0 aromatic heterocycles. The second-order valence-corrected chi connectivity index (χ2v) is 10.1. The molecule has 28 heavy (non-hydrogen) atoms. The third-order valence-electron chi connectivity index (χ3n) is 4.74. The lowest BCUT2D eigenvalue weighted by Gasteiger charge is -2.15. The number of rotatable bonds is 5. The van der Waals surface area contributed by atoms with Gasteiger partial charge in [0.2, 0.25) is 10.0 Å². The molecule has 1 aliphatic rings. The van der Waals surface area contributed by atoms with E-state index >= 15 is 0 Å². The molecule has 3 aromatic rings. The molecule has 0 bridgehead atoms. The fourth-order valence-corrected chi connectivity index (χ4v) is 5.69. The van der Waals surface area contributed by atoms with E-state index in [1.807, 2.05) is 24.3 Å². The highest BCUT2D eigenvalue weighted by molar-refractivity contribution is 7.89. The zero-order valence-electron chi connectivity index (χ0n) is 15.0. The molecule has 0 saturated carbocycles. The summed E-state index contributed by atoms with van der Waals surface area (Å²) in [6.45, 7) is 0.987. The molecule has 4 rings (SSSR count). The molecule has 0 N–H and O–H groups in total. The van der Waals surface area contributed by atoms with Crippen LogP contribution in [0.3, 0.4) is 0 Å². The molecule has 0 aliphatic carbocycles. The highest BCUT2D eigenvalue weighted by Gasteiger charge is 2.27. The molecular weight excluding hydrogens is 398 g/mol. The van der Waals surface area contributed by atoms with Gasteiger partial charge in [0.1, 0.15) is 10.6 Å². The lowest BCUT2D eigenvalue weighted by molar-refractivity contribution is 0.476. The third-order valence-corrected chi connectivity index (χ3v) is 7.92. The molecule has 0 radical (unpaired) electrons. The van der Waals surface area contributed by atoms with Crippen LogP contribution < -0.4 is 4.18 Å². The molecule has 0 amide bonds. The zero-order chi connectivity index (χ0) is 19.8. The quantitative estimate of drug-likeness (QED) is 0.595. The summed E-state index contributed by atoms with van der Waals surface area (Å²) >= 11 is 0. The number of hydrogen-bond donors (Lipinski definition) is 0. The van der Waals surface area contributed by atoms with Crippen molar-refractivity contribution in [1.29, 1.82) is 0 Å².